The average molecular weight is 220 g/mol. The zero-order valence-corrected chi connectivity index (χ0v) is 8.56. The van der Waals surface area contributed by atoms with Gasteiger partial charge in [-0.1, -0.05) is 0 Å². The normalized spacial score (nSPS) is 10.2. The molecule has 0 amide bonds. The summed E-state index contributed by atoms with van der Waals surface area (Å²) in [6.45, 7) is 0.449. The summed E-state index contributed by atoms with van der Waals surface area (Å²) in [5, 5.41) is 6.06. The number of H-pyrrole nitrogens is 2. The van der Waals surface area contributed by atoms with Gasteiger partial charge in [0.1, 0.15) is 11.6 Å². The highest BCUT2D eigenvalue weighted by molar-refractivity contribution is 5.41. The van der Waals surface area contributed by atoms with Crippen molar-refractivity contribution < 1.29 is 4.74 Å². The third kappa shape index (κ3) is 2.63. The Hall–Kier alpha value is -2.24. The van der Waals surface area contributed by atoms with Crippen LogP contribution in [-0.4, -0.2) is 21.8 Å². The van der Waals surface area contributed by atoms with Gasteiger partial charge < -0.3 is 10.5 Å². The van der Waals surface area contributed by atoms with Crippen LogP contribution < -0.4 is 16.2 Å². The molecule has 2 rings (SSSR count). The Balaban J connectivity index is 1.84. The third-order valence-electron chi connectivity index (χ3n) is 2.04. The first-order valence-corrected chi connectivity index (χ1v) is 4.86. The molecular formula is C10H12N4O2. The van der Waals surface area contributed by atoms with Gasteiger partial charge in [0.15, 0.2) is 0 Å². The summed E-state index contributed by atoms with van der Waals surface area (Å²) < 4.78 is 5.44. The molecule has 16 heavy (non-hydrogen) atoms. The molecule has 1 heterocycles. The van der Waals surface area contributed by atoms with E-state index in [-0.39, 0.29) is 5.69 Å². The van der Waals surface area contributed by atoms with Crippen molar-refractivity contribution >= 4 is 5.69 Å². The third-order valence-corrected chi connectivity index (χ3v) is 2.04. The Morgan fingerprint density at radius 3 is 2.69 bits per heavy atom. The molecule has 0 aliphatic rings. The molecule has 0 saturated heterocycles. The van der Waals surface area contributed by atoms with E-state index in [1.807, 2.05) is 0 Å². The maximum absolute atomic E-state index is 10.7. The number of nitrogens with two attached hydrogens (primary N) is 1. The maximum atomic E-state index is 10.7. The number of benzene rings is 1. The highest BCUT2D eigenvalue weighted by Crippen LogP contribution is 2.12. The van der Waals surface area contributed by atoms with Gasteiger partial charge in [-0.15, -0.1) is 0 Å². The molecule has 0 spiro atoms. The minimum absolute atomic E-state index is 0.303. The van der Waals surface area contributed by atoms with Gasteiger partial charge in [-0.2, -0.15) is 5.10 Å². The Bertz CT molecular complexity index is 500. The molecule has 6 nitrogen and oxygen atoms in total. The van der Waals surface area contributed by atoms with Crippen LogP contribution in [0.15, 0.2) is 29.1 Å². The van der Waals surface area contributed by atoms with Crippen LogP contribution in [0.4, 0.5) is 5.69 Å². The number of anilines is 1. The van der Waals surface area contributed by atoms with Crippen LogP contribution in [0.2, 0.25) is 0 Å². The Kier molecular flexibility index (Phi) is 2.90. The van der Waals surface area contributed by atoms with Crippen molar-refractivity contribution in [3.05, 3.63) is 40.6 Å². The lowest BCUT2D eigenvalue weighted by Crippen LogP contribution is -2.05. The first-order valence-electron chi connectivity index (χ1n) is 4.86. The molecule has 0 unspecified atom stereocenters. The van der Waals surface area contributed by atoms with Crippen LogP contribution >= 0.6 is 0 Å². The van der Waals surface area contributed by atoms with Crippen LogP contribution in [-0.2, 0) is 6.42 Å². The molecule has 1 aromatic carbocycles. The molecule has 2 aromatic rings. The SMILES string of the molecule is Nc1ccc(OCCc2n[nH]c(=O)[nH]2)cc1. The second-order valence-electron chi connectivity index (χ2n) is 3.29. The summed E-state index contributed by atoms with van der Waals surface area (Å²) in [7, 11) is 0. The van der Waals surface area contributed by atoms with Crippen molar-refractivity contribution in [2.24, 2.45) is 0 Å². The second-order valence-corrected chi connectivity index (χ2v) is 3.29. The monoisotopic (exact) mass is 220 g/mol. The van der Waals surface area contributed by atoms with Crippen LogP contribution in [0, 0.1) is 0 Å². The minimum Gasteiger partial charge on any atom is -0.493 e. The molecule has 0 fully saturated rings. The Morgan fingerprint density at radius 2 is 2.06 bits per heavy atom. The summed E-state index contributed by atoms with van der Waals surface area (Å²) in [4.78, 5) is 13.3. The largest absolute Gasteiger partial charge is 0.493 e. The van der Waals surface area contributed by atoms with Crippen molar-refractivity contribution in [1.82, 2.24) is 15.2 Å². The summed E-state index contributed by atoms with van der Waals surface area (Å²) in [6.07, 6.45) is 0.545. The molecule has 0 aliphatic carbocycles. The Morgan fingerprint density at radius 1 is 1.31 bits per heavy atom. The molecule has 1 aromatic heterocycles. The maximum Gasteiger partial charge on any atom is 0.340 e. The van der Waals surface area contributed by atoms with E-state index in [2.05, 4.69) is 15.2 Å². The van der Waals surface area contributed by atoms with Crippen LogP contribution in [0.1, 0.15) is 5.82 Å². The van der Waals surface area contributed by atoms with E-state index in [0.29, 0.717) is 24.5 Å². The number of rotatable bonds is 4. The first kappa shape index (κ1) is 10.3. The molecule has 0 saturated carbocycles. The quantitative estimate of drug-likeness (QED) is 0.645. The fraction of sp³-hybridized carbons (Fsp3) is 0.200. The molecule has 4 N–H and O–H groups in total. The number of aromatic nitrogens is 3. The van der Waals surface area contributed by atoms with E-state index in [0.717, 1.165) is 5.75 Å². The highest BCUT2D eigenvalue weighted by atomic mass is 16.5. The summed E-state index contributed by atoms with van der Waals surface area (Å²) >= 11 is 0. The highest BCUT2D eigenvalue weighted by Gasteiger charge is 1.98. The van der Waals surface area contributed by atoms with Crippen molar-refractivity contribution in [1.29, 1.82) is 0 Å². The van der Waals surface area contributed by atoms with Crippen LogP contribution in [0.5, 0.6) is 5.75 Å². The topological polar surface area (TPSA) is 96.8 Å². The van der Waals surface area contributed by atoms with Crippen LogP contribution in [0.3, 0.4) is 0 Å². The number of hydrogen-bond donors (Lipinski definition) is 3. The number of hydrogen-bond acceptors (Lipinski definition) is 4. The number of ether oxygens (including phenoxy) is 1. The molecule has 0 atom stereocenters. The van der Waals surface area contributed by atoms with Crippen molar-refractivity contribution in [2.75, 3.05) is 12.3 Å². The van der Waals surface area contributed by atoms with Gasteiger partial charge in [0.2, 0.25) is 0 Å². The van der Waals surface area contributed by atoms with Gasteiger partial charge in [-0.3, -0.25) is 4.98 Å². The molecular weight excluding hydrogens is 208 g/mol. The second kappa shape index (κ2) is 4.52. The fourth-order valence-corrected chi connectivity index (χ4v) is 1.25. The molecule has 6 heteroatoms. The number of aromatic amines is 2. The lowest BCUT2D eigenvalue weighted by Gasteiger charge is -2.04. The number of nitrogens with zero attached hydrogens (tertiary/aromatic N) is 1. The zero-order chi connectivity index (χ0) is 11.4. The van der Waals surface area contributed by atoms with Gasteiger partial charge in [-0.05, 0) is 24.3 Å². The van der Waals surface area contributed by atoms with Gasteiger partial charge in [-0.25, -0.2) is 9.89 Å². The smallest absolute Gasteiger partial charge is 0.340 e. The molecule has 0 radical (unpaired) electrons. The van der Waals surface area contributed by atoms with E-state index in [4.69, 9.17) is 10.5 Å². The predicted molar refractivity (Wildman–Crippen MR) is 59.3 cm³/mol. The molecule has 0 bridgehead atoms. The predicted octanol–water partition coefficient (Wildman–Crippen LogP) is 0.302. The number of nitrogens with one attached hydrogen (secondary N) is 2. The van der Waals surface area contributed by atoms with Crippen LogP contribution in [0.25, 0.3) is 0 Å². The minimum atomic E-state index is -0.303. The number of nitrogen functional groups attached to an aromatic ring is 1. The Labute approximate surface area is 91.5 Å². The van der Waals surface area contributed by atoms with Gasteiger partial charge in [0.05, 0.1) is 6.61 Å². The van der Waals surface area contributed by atoms with Crippen molar-refractivity contribution in [3.8, 4) is 5.75 Å². The lowest BCUT2D eigenvalue weighted by atomic mass is 10.3. The van der Waals surface area contributed by atoms with E-state index in [9.17, 15) is 4.79 Å². The lowest BCUT2D eigenvalue weighted by molar-refractivity contribution is 0.319. The molecule has 0 aliphatic heterocycles. The first-order chi connectivity index (χ1) is 7.74. The summed E-state index contributed by atoms with van der Waals surface area (Å²) in [6, 6.07) is 7.13. The summed E-state index contributed by atoms with van der Waals surface area (Å²) in [5.74, 6) is 1.33. The van der Waals surface area contributed by atoms with E-state index in [1.165, 1.54) is 0 Å². The van der Waals surface area contributed by atoms with Crippen molar-refractivity contribution in [2.45, 2.75) is 6.42 Å². The standard InChI is InChI=1S/C10H12N4O2/c11-7-1-3-8(4-2-7)16-6-5-9-12-10(15)14-13-9/h1-4H,5-6,11H2,(H2,12,13,14,15). The summed E-state index contributed by atoms with van der Waals surface area (Å²) in [5.41, 5.74) is 5.93. The molecule has 84 valence electrons. The fourth-order valence-electron chi connectivity index (χ4n) is 1.25. The zero-order valence-electron chi connectivity index (χ0n) is 8.56. The average Bonchev–Trinajstić information content (AvgIpc) is 2.67. The van der Waals surface area contributed by atoms with E-state index >= 15 is 0 Å². The van der Waals surface area contributed by atoms with E-state index < -0.39 is 0 Å². The van der Waals surface area contributed by atoms with Crippen molar-refractivity contribution in [3.63, 3.8) is 0 Å². The van der Waals surface area contributed by atoms with Gasteiger partial charge >= 0.3 is 5.69 Å². The van der Waals surface area contributed by atoms with Gasteiger partial charge in [0.25, 0.3) is 0 Å². The van der Waals surface area contributed by atoms with Gasteiger partial charge in [0, 0.05) is 12.1 Å². The van der Waals surface area contributed by atoms with E-state index in [1.54, 1.807) is 24.3 Å².